The number of hydrogen-bond acceptors (Lipinski definition) is 4. The van der Waals surface area contributed by atoms with Crippen molar-refractivity contribution in [2.24, 2.45) is 0 Å². The zero-order chi connectivity index (χ0) is 12.7. The number of benzene rings is 1. The highest BCUT2D eigenvalue weighted by Crippen LogP contribution is 2.26. The highest BCUT2D eigenvalue weighted by molar-refractivity contribution is 5.58. The first-order chi connectivity index (χ1) is 9.40. The molecular weight excluding hydrogens is 240 g/mol. The molecule has 0 spiro atoms. The first-order valence-electron chi connectivity index (χ1n) is 6.35. The summed E-state index contributed by atoms with van der Waals surface area (Å²) in [5.41, 5.74) is 1.72. The largest absolute Gasteiger partial charge is 0.473 e. The predicted molar refractivity (Wildman–Crippen MR) is 69.9 cm³/mol. The second-order valence-electron chi connectivity index (χ2n) is 4.65. The van der Waals surface area contributed by atoms with Crippen molar-refractivity contribution in [1.82, 2.24) is 19.8 Å². The summed E-state index contributed by atoms with van der Waals surface area (Å²) in [6, 6.07) is 13.6. The van der Waals surface area contributed by atoms with Crippen molar-refractivity contribution in [2.75, 3.05) is 0 Å². The van der Waals surface area contributed by atoms with Crippen LogP contribution in [0.2, 0.25) is 0 Å². The van der Waals surface area contributed by atoms with Gasteiger partial charge in [-0.1, -0.05) is 30.3 Å². The molecule has 5 heteroatoms. The maximum absolute atomic E-state index is 5.71. The standard InChI is InChI=1S/C14H12N4O/c1-2-4-10(5-3-1)14-16-15-12-8-9-13(17-18(12)14)19-11-6-7-11/h1-5,8-9,11H,6-7H2. The molecule has 4 rings (SSSR count). The van der Waals surface area contributed by atoms with Gasteiger partial charge >= 0.3 is 0 Å². The lowest BCUT2D eigenvalue weighted by atomic mass is 10.2. The second-order valence-corrected chi connectivity index (χ2v) is 4.65. The maximum Gasteiger partial charge on any atom is 0.232 e. The van der Waals surface area contributed by atoms with Gasteiger partial charge in [0.15, 0.2) is 11.5 Å². The molecule has 1 fully saturated rings. The second kappa shape index (κ2) is 4.05. The molecule has 2 aromatic heterocycles. The van der Waals surface area contributed by atoms with E-state index in [4.69, 9.17) is 4.74 Å². The fourth-order valence-electron chi connectivity index (χ4n) is 1.96. The maximum atomic E-state index is 5.71. The van der Waals surface area contributed by atoms with Gasteiger partial charge in [-0.25, -0.2) is 0 Å². The molecule has 0 N–H and O–H groups in total. The molecule has 19 heavy (non-hydrogen) atoms. The highest BCUT2D eigenvalue weighted by atomic mass is 16.5. The van der Waals surface area contributed by atoms with Gasteiger partial charge in [-0.15, -0.1) is 15.3 Å². The molecule has 1 saturated carbocycles. The van der Waals surface area contributed by atoms with Crippen molar-refractivity contribution in [3.63, 3.8) is 0 Å². The van der Waals surface area contributed by atoms with Gasteiger partial charge in [-0.05, 0) is 18.9 Å². The van der Waals surface area contributed by atoms with Crippen LogP contribution in [0.1, 0.15) is 12.8 Å². The number of aromatic nitrogens is 4. The van der Waals surface area contributed by atoms with E-state index in [0.29, 0.717) is 12.0 Å². The fraction of sp³-hybridized carbons (Fsp3) is 0.214. The third-order valence-electron chi connectivity index (χ3n) is 3.08. The van der Waals surface area contributed by atoms with Gasteiger partial charge in [-0.3, -0.25) is 0 Å². The van der Waals surface area contributed by atoms with E-state index in [9.17, 15) is 0 Å². The molecule has 0 aliphatic heterocycles. The highest BCUT2D eigenvalue weighted by Gasteiger charge is 2.24. The molecule has 0 saturated heterocycles. The molecule has 0 unspecified atom stereocenters. The van der Waals surface area contributed by atoms with E-state index < -0.39 is 0 Å². The molecular formula is C14H12N4O. The molecule has 94 valence electrons. The molecule has 1 aliphatic carbocycles. The van der Waals surface area contributed by atoms with Crippen molar-refractivity contribution in [3.8, 4) is 17.3 Å². The van der Waals surface area contributed by atoms with Crippen LogP contribution in [-0.2, 0) is 0 Å². The molecule has 1 aromatic carbocycles. The normalized spacial score (nSPS) is 14.7. The zero-order valence-corrected chi connectivity index (χ0v) is 10.2. The van der Waals surface area contributed by atoms with E-state index in [2.05, 4.69) is 15.3 Å². The monoisotopic (exact) mass is 252 g/mol. The lowest BCUT2D eigenvalue weighted by Gasteiger charge is -2.04. The Kier molecular flexibility index (Phi) is 2.24. The van der Waals surface area contributed by atoms with Crippen LogP contribution in [0.4, 0.5) is 0 Å². The fourth-order valence-corrected chi connectivity index (χ4v) is 1.96. The molecule has 0 radical (unpaired) electrons. The van der Waals surface area contributed by atoms with E-state index in [1.807, 2.05) is 42.5 Å². The summed E-state index contributed by atoms with van der Waals surface area (Å²) >= 11 is 0. The van der Waals surface area contributed by atoms with Gasteiger partial charge < -0.3 is 4.74 Å². The van der Waals surface area contributed by atoms with Crippen LogP contribution >= 0.6 is 0 Å². The molecule has 3 aromatic rings. The van der Waals surface area contributed by atoms with E-state index >= 15 is 0 Å². The van der Waals surface area contributed by atoms with Gasteiger partial charge in [0.25, 0.3) is 0 Å². The molecule has 1 aliphatic rings. The topological polar surface area (TPSA) is 52.3 Å². The Bertz CT molecular complexity index is 719. The zero-order valence-electron chi connectivity index (χ0n) is 10.2. The lowest BCUT2D eigenvalue weighted by Crippen LogP contribution is -2.02. The van der Waals surface area contributed by atoms with Crippen LogP contribution in [0.15, 0.2) is 42.5 Å². The summed E-state index contributed by atoms with van der Waals surface area (Å²) in [6.45, 7) is 0. The minimum Gasteiger partial charge on any atom is -0.473 e. The quantitative estimate of drug-likeness (QED) is 0.718. The van der Waals surface area contributed by atoms with Gasteiger partial charge in [0, 0.05) is 11.6 Å². The summed E-state index contributed by atoms with van der Waals surface area (Å²) in [5.74, 6) is 1.36. The van der Waals surface area contributed by atoms with Gasteiger partial charge in [0.05, 0.1) is 0 Å². The van der Waals surface area contributed by atoms with Gasteiger partial charge in [0.1, 0.15) is 6.10 Å². The van der Waals surface area contributed by atoms with Crippen LogP contribution < -0.4 is 4.74 Å². The Morgan fingerprint density at radius 3 is 2.63 bits per heavy atom. The van der Waals surface area contributed by atoms with Crippen molar-refractivity contribution in [3.05, 3.63) is 42.5 Å². The van der Waals surface area contributed by atoms with E-state index in [1.165, 1.54) is 0 Å². The molecule has 2 heterocycles. The van der Waals surface area contributed by atoms with Crippen LogP contribution in [0, 0.1) is 0 Å². The van der Waals surface area contributed by atoms with Crippen molar-refractivity contribution in [1.29, 1.82) is 0 Å². The minimum atomic E-state index is 0.335. The number of rotatable bonds is 3. The van der Waals surface area contributed by atoms with Crippen LogP contribution in [0.5, 0.6) is 5.88 Å². The van der Waals surface area contributed by atoms with Crippen molar-refractivity contribution in [2.45, 2.75) is 18.9 Å². The third-order valence-corrected chi connectivity index (χ3v) is 3.08. The van der Waals surface area contributed by atoms with E-state index in [1.54, 1.807) is 4.52 Å². The Morgan fingerprint density at radius 2 is 1.84 bits per heavy atom. The predicted octanol–water partition coefficient (Wildman–Crippen LogP) is 2.33. The average Bonchev–Trinajstić information content (AvgIpc) is 3.17. The summed E-state index contributed by atoms with van der Waals surface area (Å²) in [7, 11) is 0. The van der Waals surface area contributed by atoms with Crippen LogP contribution in [0.3, 0.4) is 0 Å². The minimum absolute atomic E-state index is 0.335. The Labute approximate surface area is 109 Å². The van der Waals surface area contributed by atoms with E-state index in [0.717, 1.165) is 29.9 Å². The first kappa shape index (κ1) is 10.5. The van der Waals surface area contributed by atoms with Crippen molar-refractivity contribution >= 4 is 5.65 Å². The smallest absolute Gasteiger partial charge is 0.232 e. The Hall–Kier alpha value is -2.43. The summed E-state index contributed by atoms with van der Waals surface area (Å²) in [4.78, 5) is 0. The SMILES string of the molecule is c1ccc(-c2nnc3ccc(OC4CC4)nn23)cc1. The molecule has 5 nitrogen and oxygen atoms in total. The molecule has 0 amide bonds. The number of hydrogen-bond donors (Lipinski definition) is 0. The number of ether oxygens (including phenoxy) is 1. The van der Waals surface area contributed by atoms with Gasteiger partial charge in [-0.2, -0.15) is 4.52 Å². The van der Waals surface area contributed by atoms with Gasteiger partial charge in [0.2, 0.25) is 5.88 Å². The van der Waals surface area contributed by atoms with E-state index in [-0.39, 0.29) is 0 Å². The number of nitrogens with zero attached hydrogens (tertiary/aromatic N) is 4. The summed E-state index contributed by atoms with van der Waals surface area (Å²) < 4.78 is 7.44. The summed E-state index contributed by atoms with van der Waals surface area (Å²) in [5, 5.41) is 12.8. The Morgan fingerprint density at radius 1 is 1.00 bits per heavy atom. The Balaban J connectivity index is 1.82. The molecule has 0 atom stereocenters. The van der Waals surface area contributed by atoms with Crippen LogP contribution in [0.25, 0.3) is 17.0 Å². The third kappa shape index (κ3) is 1.93. The first-order valence-corrected chi connectivity index (χ1v) is 6.35. The summed E-state index contributed by atoms with van der Waals surface area (Å²) in [6.07, 6.45) is 2.57. The lowest BCUT2D eigenvalue weighted by molar-refractivity contribution is 0.286. The molecule has 0 bridgehead atoms. The van der Waals surface area contributed by atoms with Crippen molar-refractivity contribution < 1.29 is 4.74 Å². The number of fused-ring (bicyclic) bond motifs is 1. The average molecular weight is 252 g/mol. The van der Waals surface area contributed by atoms with Crippen LogP contribution in [-0.4, -0.2) is 25.9 Å².